The van der Waals surface area contributed by atoms with Gasteiger partial charge in [0, 0.05) is 17.8 Å². The Balaban J connectivity index is 1.55. The molecule has 2 aromatic carbocycles. The lowest BCUT2D eigenvalue weighted by atomic mass is 9.89. The third-order valence-corrected chi connectivity index (χ3v) is 7.06. The van der Waals surface area contributed by atoms with Gasteiger partial charge in [0.15, 0.2) is 5.13 Å². The maximum atomic E-state index is 11.5. The van der Waals surface area contributed by atoms with E-state index in [0.717, 1.165) is 5.56 Å². The Morgan fingerprint density at radius 1 is 1.06 bits per heavy atom. The normalized spacial score (nSPS) is 14.6. The van der Waals surface area contributed by atoms with Crippen LogP contribution in [0.25, 0.3) is 0 Å². The first kappa shape index (κ1) is 21.7. The quantitative estimate of drug-likeness (QED) is 0.240. The minimum Gasteiger partial charge on any atom is -0.419 e. The molecule has 0 saturated heterocycles. The van der Waals surface area contributed by atoms with E-state index < -0.39 is 20.9 Å². The molecule has 0 radical (unpaired) electrons. The molecule has 1 atom stereocenters. The molecule has 12 nitrogen and oxygen atoms in total. The van der Waals surface area contributed by atoms with E-state index >= 15 is 0 Å². The van der Waals surface area contributed by atoms with Crippen LogP contribution in [0.3, 0.4) is 0 Å². The van der Waals surface area contributed by atoms with Gasteiger partial charge in [-0.3, -0.25) is 10.1 Å². The molecule has 0 fully saturated rings. The van der Waals surface area contributed by atoms with Crippen LogP contribution >= 0.6 is 11.3 Å². The molecule has 0 aliphatic carbocycles. The predicted molar refractivity (Wildman–Crippen MR) is 124 cm³/mol. The highest BCUT2D eigenvalue weighted by atomic mass is 32.2. The van der Waals surface area contributed by atoms with Crippen LogP contribution < -0.4 is 20.9 Å². The lowest BCUT2D eigenvalue weighted by molar-refractivity contribution is -0.384. The van der Waals surface area contributed by atoms with E-state index in [2.05, 4.69) is 20.3 Å². The molecule has 14 heteroatoms. The van der Waals surface area contributed by atoms with Crippen LogP contribution in [0.1, 0.15) is 21.9 Å². The molecule has 0 bridgehead atoms. The standard InChI is InChI=1S/C20H15N7O5S2/c21-17-15-14(10-1-5-12(6-2-10)27(28)29)16-19(32-18(15)24-9-23-17)26-20(33-16)25-11-3-7-13(8-4-11)34(22,30)31/h1-9,14H,(H,25,26)(H2,21,23,24)(H2,22,30,31). The average molecular weight is 498 g/mol. The Bertz CT molecular complexity index is 1520. The van der Waals surface area contributed by atoms with E-state index in [4.69, 9.17) is 15.6 Å². The summed E-state index contributed by atoms with van der Waals surface area (Å²) in [7, 11) is -3.80. The topological polar surface area (TPSA) is 189 Å². The summed E-state index contributed by atoms with van der Waals surface area (Å²) in [6.07, 6.45) is 1.28. The number of fused-ring (bicyclic) bond motifs is 2. The Hall–Kier alpha value is -4.14. The van der Waals surface area contributed by atoms with Crippen LogP contribution in [0, 0.1) is 10.1 Å². The molecule has 5 N–H and O–H groups in total. The fourth-order valence-electron chi connectivity index (χ4n) is 3.55. The molecular formula is C20H15N7O5S2. The Morgan fingerprint density at radius 2 is 1.76 bits per heavy atom. The highest BCUT2D eigenvalue weighted by Gasteiger charge is 2.35. The number of hydrogen-bond acceptors (Lipinski definition) is 11. The number of nitrogen functional groups attached to an aromatic ring is 1. The van der Waals surface area contributed by atoms with E-state index in [1.54, 1.807) is 24.3 Å². The van der Waals surface area contributed by atoms with Crippen molar-refractivity contribution in [2.24, 2.45) is 5.14 Å². The number of ether oxygens (including phenoxy) is 1. The molecule has 1 aliphatic heterocycles. The van der Waals surface area contributed by atoms with Crippen molar-refractivity contribution in [3.05, 3.63) is 81.0 Å². The molecule has 5 rings (SSSR count). The first-order valence-corrected chi connectivity index (χ1v) is 12.0. The van der Waals surface area contributed by atoms with Gasteiger partial charge >= 0.3 is 0 Å². The second kappa shape index (κ2) is 8.02. The van der Waals surface area contributed by atoms with Crippen molar-refractivity contribution >= 4 is 43.7 Å². The van der Waals surface area contributed by atoms with E-state index in [0.29, 0.717) is 27.1 Å². The molecule has 34 heavy (non-hydrogen) atoms. The molecule has 172 valence electrons. The summed E-state index contributed by atoms with van der Waals surface area (Å²) < 4.78 is 28.8. The number of nitro benzene ring substituents is 1. The summed E-state index contributed by atoms with van der Waals surface area (Å²) in [4.78, 5) is 24.1. The number of anilines is 3. The van der Waals surface area contributed by atoms with E-state index in [1.165, 1.54) is 41.9 Å². The number of nitro groups is 1. The van der Waals surface area contributed by atoms with Gasteiger partial charge in [-0.05, 0) is 29.8 Å². The highest BCUT2D eigenvalue weighted by molar-refractivity contribution is 7.89. The third kappa shape index (κ3) is 3.89. The number of sulfonamides is 1. The van der Waals surface area contributed by atoms with E-state index in [9.17, 15) is 18.5 Å². The zero-order chi connectivity index (χ0) is 24.0. The fraction of sp³-hybridized carbons (Fsp3) is 0.0500. The molecule has 0 amide bonds. The van der Waals surface area contributed by atoms with Gasteiger partial charge in [-0.15, -0.1) is 0 Å². The zero-order valence-electron chi connectivity index (χ0n) is 17.1. The van der Waals surface area contributed by atoms with Gasteiger partial charge in [-0.2, -0.15) is 4.98 Å². The lowest BCUT2D eigenvalue weighted by Gasteiger charge is -2.24. The number of benzene rings is 2. The van der Waals surface area contributed by atoms with Crippen LogP contribution in [-0.2, 0) is 10.0 Å². The highest BCUT2D eigenvalue weighted by Crippen LogP contribution is 2.51. The van der Waals surface area contributed by atoms with Gasteiger partial charge in [0.05, 0.1) is 26.2 Å². The Morgan fingerprint density at radius 3 is 2.41 bits per heavy atom. The van der Waals surface area contributed by atoms with Gasteiger partial charge in [0.2, 0.25) is 21.8 Å². The van der Waals surface area contributed by atoms with Crippen molar-refractivity contribution in [3.8, 4) is 11.8 Å². The molecule has 0 saturated carbocycles. The van der Waals surface area contributed by atoms with Gasteiger partial charge < -0.3 is 15.8 Å². The number of thiazole rings is 1. The van der Waals surface area contributed by atoms with Crippen molar-refractivity contribution in [2.45, 2.75) is 10.8 Å². The number of nitrogens with two attached hydrogens (primary N) is 2. The summed E-state index contributed by atoms with van der Waals surface area (Å²) in [5, 5.41) is 19.8. The summed E-state index contributed by atoms with van der Waals surface area (Å²) in [6.45, 7) is 0. The van der Waals surface area contributed by atoms with Crippen molar-refractivity contribution in [1.82, 2.24) is 15.0 Å². The zero-order valence-corrected chi connectivity index (χ0v) is 18.7. The summed E-state index contributed by atoms with van der Waals surface area (Å²) >= 11 is 1.29. The smallest absolute Gasteiger partial charge is 0.269 e. The third-order valence-electron chi connectivity index (χ3n) is 5.11. The van der Waals surface area contributed by atoms with Crippen molar-refractivity contribution in [3.63, 3.8) is 0 Å². The van der Waals surface area contributed by atoms with E-state index in [1.807, 2.05) is 0 Å². The number of nitrogens with zero attached hydrogens (tertiary/aromatic N) is 4. The van der Waals surface area contributed by atoms with Gasteiger partial charge in [0.25, 0.3) is 5.69 Å². The SMILES string of the molecule is Nc1ncnc2c1C(c1ccc([N+](=O)[O-])cc1)c1sc(Nc3ccc(S(N)(=O)=O)cc3)nc1O2. The van der Waals surface area contributed by atoms with Crippen LogP contribution in [0.15, 0.2) is 59.8 Å². The Kier molecular flexibility index (Phi) is 5.11. The monoisotopic (exact) mass is 497 g/mol. The molecule has 1 unspecified atom stereocenters. The van der Waals surface area contributed by atoms with Crippen LogP contribution in [-0.4, -0.2) is 28.3 Å². The first-order valence-electron chi connectivity index (χ1n) is 9.64. The molecule has 2 aromatic heterocycles. The van der Waals surface area contributed by atoms with Crippen LogP contribution in [0.2, 0.25) is 0 Å². The van der Waals surface area contributed by atoms with Crippen molar-refractivity contribution < 1.29 is 18.1 Å². The number of non-ortho nitro benzene ring substituents is 1. The van der Waals surface area contributed by atoms with Gasteiger partial charge in [0.1, 0.15) is 12.1 Å². The van der Waals surface area contributed by atoms with Crippen LogP contribution in [0.4, 0.5) is 22.3 Å². The minimum absolute atomic E-state index is 0.0115. The largest absolute Gasteiger partial charge is 0.419 e. The number of primary sulfonamides is 1. The summed E-state index contributed by atoms with van der Waals surface area (Å²) in [6, 6.07) is 12.0. The lowest BCUT2D eigenvalue weighted by Crippen LogP contribution is -2.14. The van der Waals surface area contributed by atoms with Gasteiger partial charge in [-0.1, -0.05) is 23.5 Å². The predicted octanol–water partition coefficient (Wildman–Crippen LogP) is 3.10. The second-order valence-electron chi connectivity index (χ2n) is 7.24. The van der Waals surface area contributed by atoms with Crippen molar-refractivity contribution in [1.29, 1.82) is 0 Å². The van der Waals surface area contributed by atoms with Crippen LogP contribution in [0.5, 0.6) is 11.8 Å². The fourth-order valence-corrected chi connectivity index (χ4v) is 5.12. The molecule has 3 heterocycles. The average Bonchev–Trinajstić information content (AvgIpc) is 3.19. The number of hydrogen-bond donors (Lipinski definition) is 3. The molecule has 4 aromatic rings. The Labute approximate surface area is 196 Å². The summed E-state index contributed by atoms with van der Waals surface area (Å²) in [5.74, 6) is 0.319. The number of nitrogens with one attached hydrogen (secondary N) is 1. The molecular weight excluding hydrogens is 482 g/mol. The maximum absolute atomic E-state index is 11.5. The number of aromatic nitrogens is 3. The minimum atomic E-state index is -3.80. The van der Waals surface area contributed by atoms with E-state index in [-0.39, 0.29) is 22.3 Å². The maximum Gasteiger partial charge on any atom is 0.269 e. The van der Waals surface area contributed by atoms with Gasteiger partial charge in [-0.25, -0.2) is 23.5 Å². The molecule has 1 aliphatic rings. The first-order chi connectivity index (χ1) is 16.2. The number of rotatable bonds is 5. The molecule has 0 spiro atoms. The summed E-state index contributed by atoms with van der Waals surface area (Å²) in [5.41, 5.74) is 7.97. The van der Waals surface area contributed by atoms with Crippen molar-refractivity contribution in [2.75, 3.05) is 11.1 Å². The second-order valence-corrected chi connectivity index (χ2v) is 9.84.